The Balaban J connectivity index is 0.00000112. The molecule has 0 atom stereocenters. The number of rotatable bonds is 2. The van der Waals surface area contributed by atoms with Gasteiger partial charge in [0.1, 0.15) is 0 Å². The molecule has 140 valence electrons. The molecule has 2 aromatic rings. The average Bonchev–Trinajstić information content (AvgIpc) is 3.32. The Morgan fingerprint density at radius 2 is 1.68 bits per heavy atom. The fourth-order valence-electron chi connectivity index (χ4n) is 4.56. The van der Waals surface area contributed by atoms with E-state index in [2.05, 4.69) is 86.7 Å². The van der Waals surface area contributed by atoms with E-state index >= 15 is 0 Å². The molecule has 28 heavy (non-hydrogen) atoms. The smallest absolute Gasteiger partial charge is 1.00 e. The van der Waals surface area contributed by atoms with E-state index in [4.69, 9.17) is 0 Å². The van der Waals surface area contributed by atoms with Crippen molar-refractivity contribution < 1.29 is 46.1 Å². The van der Waals surface area contributed by atoms with E-state index in [9.17, 15) is 0 Å². The number of allylic oxidation sites excluding steroid dienone is 10. The molecule has 0 spiro atoms. The summed E-state index contributed by atoms with van der Waals surface area (Å²) in [6.07, 6.45) is 16.5. The first-order valence-electron chi connectivity index (χ1n) is 9.42. The first-order valence-corrected chi connectivity index (χ1v) is 13.1. The minimum absolute atomic E-state index is 0. The molecule has 0 saturated carbocycles. The van der Waals surface area contributed by atoms with Crippen LogP contribution in [0.5, 0.6) is 0 Å². The van der Waals surface area contributed by atoms with Crippen LogP contribution in [0.3, 0.4) is 0 Å². The first kappa shape index (κ1) is 21.4. The average molecular weight is 485 g/mol. The van der Waals surface area contributed by atoms with Crippen molar-refractivity contribution in [3.05, 3.63) is 96.1 Å². The molecule has 0 unspecified atom stereocenters. The van der Waals surface area contributed by atoms with Gasteiger partial charge in [-0.2, -0.15) is 0 Å². The summed E-state index contributed by atoms with van der Waals surface area (Å²) in [5.41, 5.74) is 5.94. The van der Waals surface area contributed by atoms with Gasteiger partial charge >= 0.3 is 164 Å². The summed E-state index contributed by atoms with van der Waals surface area (Å²) in [6, 6.07) is 13.4. The maximum absolute atomic E-state index is 2.49. The normalized spacial score (nSPS) is 15.8. The molecule has 0 saturated heterocycles. The van der Waals surface area contributed by atoms with Gasteiger partial charge < -0.3 is 24.8 Å². The second-order valence-electron chi connectivity index (χ2n) is 7.50. The molecular weight excluding hydrogens is 462 g/mol. The Kier molecular flexibility index (Phi) is 6.60. The molecule has 3 heteroatoms. The van der Waals surface area contributed by atoms with Crippen molar-refractivity contribution in [1.29, 1.82) is 0 Å². The van der Waals surface area contributed by atoms with Gasteiger partial charge in [-0.05, 0) is 0 Å². The Bertz CT molecular complexity index is 1140. The molecule has 0 nitrogen and oxygen atoms in total. The zero-order valence-corrected chi connectivity index (χ0v) is 20.1. The summed E-state index contributed by atoms with van der Waals surface area (Å²) in [6.45, 7) is 4.72. The third-order valence-electron chi connectivity index (χ3n) is 5.67. The summed E-state index contributed by atoms with van der Waals surface area (Å²) < 4.78 is 5.07. The van der Waals surface area contributed by atoms with Gasteiger partial charge in [-0.3, -0.25) is 0 Å². The van der Waals surface area contributed by atoms with Gasteiger partial charge in [0.05, 0.1) is 0 Å². The number of benzene rings is 2. The van der Waals surface area contributed by atoms with E-state index in [0.717, 1.165) is 6.42 Å². The van der Waals surface area contributed by atoms with Gasteiger partial charge in [0.2, 0.25) is 0 Å². The van der Waals surface area contributed by atoms with Crippen LogP contribution in [-0.2, 0) is 27.7 Å². The van der Waals surface area contributed by atoms with Gasteiger partial charge in [-0.15, -0.1) is 0 Å². The molecule has 0 bridgehead atoms. The van der Waals surface area contributed by atoms with E-state index in [1.807, 2.05) is 0 Å². The molecule has 0 aliphatic heterocycles. The van der Waals surface area contributed by atoms with Crippen LogP contribution in [-0.4, -0.2) is 3.21 Å². The van der Waals surface area contributed by atoms with E-state index in [1.54, 1.807) is 9.77 Å². The van der Waals surface area contributed by atoms with Crippen LogP contribution >= 0.6 is 0 Å². The van der Waals surface area contributed by atoms with Crippen molar-refractivity contribution in [2.75, 3.05) is 0 Å². The van der Waals surface area contributed by atoms with E-state index in [0.29, 0.717) is 0 Å². The van der Waals surface area contributed by atoms with Gasteiger partial charge in [-0.1, -0.05) is 0 Å². The molecule has 0 N–H and O–H groups in total. The van der Waals surface area contributed by atoms with Crippen LogP contribution in [0, 0.1) is 0 Å². The molecular formula is C25H22Cl2Zr. The van der Waals surface area contributed by atoms with Gasteiger partial charge in [0, 0.05) is 0 Å². The SMILES string of the molecule is C[C](C)=[Zr+2]([C]1=CC=CC1)[C]1=CC=C2C1=CCc1ccc3ccccc3c12.[Cl-].[Cl-]. The minimum Gasteiger partial charge on any atom is -1.00 e. The maximum Gasteiger partial charge on any atom is -1.00 e. The minimum atomic E-state index is -1.92. The third kappa shape index (κ3) is 3.43. The number of halogens is 2. The van der Waals surface area contributed by atoms with Crippen LogP contribution in [0.4, 0.5) is 0 Å². The standard InChI is InChI=1S/C17H11.C5H5.C3H6.2ClH.Zr/c1-2-6-15-12(4-1)8-10-14-11-9-13-5-3-7-16(13)17(14)15;1-2-4-5-3-1;1-3-2;;;/h1-4,6-10H,11H2;1-3H,4H2;1-2H3;2*1H;/q;;;;;+2/p-2. The monoisotopic (exact) mass is 482 g/mol. The van der Waals surface area contributed by atoms with Crippen LogP contribution in [0.2, 0.25) is 0 Å². The molecule has 0 radical (unpaired) electrons. The second-order valence-corrected chi connectivity index (χ2v) is 14.7. The Labute approximate surface area is 187 Å². The van der Waals surface area contributed by atoms with Crippen LogP contribution in [0.25, 0.3) is 16.3 Å². The molecule has 0 fully saturated rings. The Hall–Kier alpha value is -1.27. The Morgan fingerprint density at radius 3 is 2.43 bits per heavy atom. The van der Waals surface area contributed by atoms with Crippen molar-refractivity contribution in [2.45, 2.75) is 26.7 Å². The molecule has 5 rings (SSSR count). The van der Waals surface area contributed by atoms with Crippen LogP contribution in [0.1, 0.15) is 31.4 Å². The molecule has 3 aliphatic carbocycles. The largest absolute Gasteiger partial charge is 1.00 e. The van der Waals surface area contributed by atoms with Gasteiger partial charge in [0.15, 0.2) is 0 Å². The predicted octanol–water partition coefficient (Wildman–Crippen LogP) is 0.285. The first-order chi connectivity index (χ1) is 12.7. The summed E-state index contributed by atoms with van der Waals surface area (Å²) in [7, 11) is 0. The molecule has 0 aromatic heterocycles. The molecule has 3 aliphatic rings. The number of fused-ring (bicyclic) bond motifs is 5. The summed E-state index contributed by atoms with van der Waals surface area (Å²) in [5.74, 6) is 0. The summed E-state index contributed by atoms with van der Waals surface area (Å²) in [4.78, 5) is 0. The van der Waals surface area contributed by atoms with Gasteiger partial charge in [-0.25, -0.2) is 0 Å². The predicted molar refractivity (Wildman–Crippen MR) is 110 cm³/mol. The molecule has 0 amide bonds. The second kappa shape index (κ2) is 8.62. The fourth-order valence-corrected chi connectivity index (χ4v) is 11.6. The number of hydrogen-bond donors (Lipinski definition) is 0. The molecule has 0 heterocycles. The summed E-state index contributed by atoms with van der Waals surface area (Å²) in [5, 5.41) is 2.75. The fraction of sp³-hybridized carbons (Fsp3) is 0.160. The number of hydrogen-bond acceptors (Lipinski definition) is 0. The van der Waals surface area contributed by atoms with Crippen molar-refractivity contribution in [3.63, 3.8) is 0 Å². The van der Waals surface area contributed by atoms with E-state index in [-0.39, 0.29) is 24.8 Å². The quantitative estimate of drug-likeness (QED) is 0.575. The van der Waals surface area contributed by atoms with Crippen molar-refractivity contribution in [1.82, 2.24) is 0 Å². The van der Waals surface area contributed by atoms with Crippen molar-refractivity contribution >= 4 is 19.6 Å². The third-order valence-corrected chi connectivity index (χ3v) is 13.0. The summed E-state index contributed by atoms with van der Waals surface area (Å²) >= 11 is -1.92. The van der Waals surface area contributed by atoms with Gasteiger partial charge in [0.25, 0.3) is 0 Å². The van der Waals surface area contributed by atoms with E-state index in [1.165, 1.54) is 39.5 Å². The maximum atomic E-state index is 2.49. The van der Waals surface area contributed by atoms with Crippen molar-refractivity contribution in [2.24, 2.45) is 0 Å². The Morgan fingerprint density at radius 1 is 0.857 bits per heavy atom. The van der Waals surface area contributed by atoms with Crippen molar-refractivity contribution in [3.8, 4) is 0 Å². The topological polar surface area (TPSA) is 0 Å². The van der Waals surface area contributed by atoms with E-state index < -0.39 is 21.3 Å². The zero-order valence-electron chi connectivity index (χ0n) is 16.1. The van der Waals surface area contributed by atoms with Crippen LogP contribution < -0.4 is 24.8 Å². The molecule has 2 aromatic carbocycles. The zero-order chi connectivity index (χ0) is 17.7. The van der Waals surface area contributed by atoms with Crippen LogP contribution in [0.15, 0.2) is 85.0 Å².